The average Bonchev–Trinajstić information content (AvgIpc) is 3.58. The first-order valence-corrected chi connectivity index (χ1v) is 21.1. The number of aliphatic hydroxyl groups is 1. The number of aryl methyl sites for hydroxylation is 1. The van der Waals surface area contributed by atoms with Crippen LogP contribution in [0.2, 0.25) is 0 Å². The van der Waals surface area contributed by atoms with Crippen LogP contribution in [0.25, 0.3) is 0 Å². The predicted molar refractivity (Wildman–Crippen MR) is 224 cm³/mol. The number of likely N-dealkylation sites (tertiary alicyclic amines) is 1. The molecule has 0 radical (unpaired) electrons. The van der Waals surface area contributed by atoms with E-state index in [1.165, 1.54) is 5.69 Å². The Hall–Kier alpha value is -5.55. The van der Waals surface area contributed by atoms with Crippen LogP contribution < -0.4 is 31.1 Å². The maximum absolute atomic E-state index is 12.7. The number of primary amides is 1. The zero-order chi connectivity index (χ0) is 41.2. The second kappa shape index (κ2) is 17.4. The van der Waals surface area contributed by atoms with Gasteiger partial charge in [-0.05, 0) is 117 Å². The molecular weight excluding hydrogens is 753 g/mol. The number of aliphatic hydroxyl groups excluding tert-OH is 1. The second-order valence-corrected chi connectivity index (χ2v) is 16.7. The minimum Gasteiger partial charge on any atom is -0.392 e. The van der Waals surface area contributed by atoms with Gasteiger partial charge in [0.05, 0.1) is 12.6 Å². The van der Waals surface area contributed by atoms with Gasteiger partial charge in [0.1, 0.15) is 0 Å². The van der Waals surface area contributed by atoms with Gasteiger partial charge in [0.25, 0.3) is 5.91 Å². The lowest BCUT2D eigenvalue weighted by Gasteiger charge is -2.39. The van der Waals surface area contributed by atoms with E-state index in [1.54, 1.807) is 9.80 Å². The lowest BCUT2D eigenvalue weighted by molar-refractivity contribution is -0.120. The number of carbonyl (C=O) groups is 4. The van der Waals surface area contributed by atoms with Crippen LogP contribution in [0.5, 0.6) is 0 Å². The highest BCUT2D eigenvalue weighted by Crippen LogP contribution is 2.35. The molecule has 17 nitrogen and oxygen atoms in total. The number of aromatic nitrogens is 3. The molecule has 8 rings (SSSR count). The zero-order valence-electron chi connectivity index (χ0n) is 34.1. The van der Waals surface area contributed by atoms with Gasteiger partial charge < -0.3 is 40.7 Å². The van der Waals surface area contributed by atoms with Gasteiger partial charge in [-0.2, -0.15) is 4.98 Å². The highest BCUT2D eigenvalue weighted by atomic mass is 16.3. The Morgan fingerprint density at radius 1 is 0.915 bits per heavy atom. The number of hydrogen-bond donors (Lipinski definition) is 4. The molecule has 0 saturated carbocycles. The third kappa shape index (κ3) is 8.76. The fourth-order valence-electron chi connectivity index (χ4n) is 9.56. The summed E-state index contributed by atoms with van der Waals surface area (Å²) >= 11 is 0. The van der Waals surface area contributed by atoms with E-state index in [9.17, 15) is 24.3 Å². The summed E-state index contributed by atoms with van der Waals surface area (Å²) in [5, 5.41) is 24.6. The number of hydrogen-bond acceptors (Lipinski definition) is 12. The van der Waals surface area contributed by atoms with Gasteiger partial charge in [-0.15, -0.1) is 10.2 Å². The van der Waals surface area contributed by atoms with Gasteiger partial charge >= 0.3 is 12.1 Å². The van der Waals surface area contributed by atoms with E-state index in [0.29, 0.717) is 62.6 Å². The van der Waals surface area contributed by atoms with Gasteiger partial charge in [0.15, 0.2) is 11.5 Å². The number of carbonyl (C=O) groups excluding carboxylic acids is 4. The molecule has 0 aliphatic carbocycles. The molecule has 314 valence electrons. The van der Waals surface area contributed by atoms with Gasteiger partial charge in [0, 0.05) is 82.9 Å². The van der Waals surface area contributed by atoms with Crippen LogP contribution in [0.15, 0.2) is 36.4 Å². The number of rotatable bonds is 11. The maximum Gasteiger partial charge on any atom is 0.328 e. The minimum atomic E-state index is -0.746. The van der Waals surface area contributed by atoms with Crippen molar-refractivity contribution in [2.75, 3.05) is 92.5 Å². The molecule has 5 saturated heterocycles. The number of likely N-dealkylation sites (N-methyl/N-ethyl adjacent to an activating group) is 1. The Bertz CT molecular complexity index is 2070. The van der Waals surface area contributed by atoms with Crippen molar-refractivity contribution in [3.63, 3.8) is 0 Å². The van der Waals surface area contributed by atoms with E-state index < -0.39 is 5.91 Å². The fraction of sp³-hybridized carbons (Fsp3) is 0.548. The van der Waals surface area contributed by atoms with E-state index in [-0.39, 0.29) is 42.1 Å². The van der Waals surface area contributed by atoms with E-state index >= 15 is 0 Å². The summed E-state index contributed by atoms with van der Waals surface area (Å²) in [6.45, 7) is 10.0. The van der Waals surface area contributed by atoms with Crippen molar-refractivity contribution in [2.24, 2.45) is 11.7 Å². The highest BCUT2D eigenvalue weighted by molar-refractivity contribution is 6.06. The number of urea groups is 2. The summed E-state index contributed by atoms with van der Waals surface area (Å²) in [6, 6.07) is 11.9. The Balaban J connectivity index is 0.844. The number of nitrogens with two attached hydrogens (primary N) is 1. The van der Waals surface area contributed by atoms with Crippen LogP contribution in [0, 0.1) is 12.8 Å². The number of imide groups is 1. The van der Waals surface area contributed by atoms with E-state index in [2.05, 4.69) is 48.8 Å². The smallest absolute Gasteiger partial charge is 0.328 e. The number of nitrogens with one attached hydrogen (secondary N) is 2. The van der Waals surface area contributed by atoms with Crippen molar-refractivity contribution >= 4 is 52.7 Å². The first kappa shape index (κ1) is 40.2. The summed E-state index contributed by atoms with van der Waals surface area (Å²) in [5.41, 5.74) is 11.3. The zero-order valence-corrected chi connectivity index (χ0v) is 34.1. The molecule has 5 N–H and O–H groups in total. The number of amides is 6. The van der Waals surface area contributed by atoms with Crippen LogP contribution in [-0.2, 0) is 11.4 Å². The summed E-state index contributed by atoms with van der Waals surface area (Å²) in [7, 11) is 1.82. The summed E-state index contributed by atoms with van der Waals surface area (Å²) in [6.07, 6.45) is 6.34. The lowest BCUT2D eigenvalue weighted by atomic mass is 9.85. The largest absolute Gasteiger partial charge is 0.392 e. The van der Waals surface area contributed by atoms with E-state index in [0.717, 1.165) is 93.6 Å². The first-order valence-electron chi connectivity index (χ1n) is 21.1. The lowest BCUT2D eigenvalue weighted by Crippen LogP contribution is -2.49. The summed E-state index contributed by atoms with van der Waals surface area (Å²) < 4.78 is 0. The second-order valence-electron chi connectivity index (χ2n) is 16.7. The minimum absolute atomic E-state index is 0.0352. The van der Waals surface area contributed by atoms with Crippen molar-refractivity contribution in [3.8, 4) is 0 Å². The highest BCUT2D eigenvalue weighted by Gasteiger charge is 2.35. The SMILES string of the molecule is Cc1cc(N2CCC(CN3CCC(c4ccc(Nc5nc(N6CCC[C@@H](N7CCN(C)C7=O)C6)nnc5C(N)=O)cc4CO)CC3)CC2)ccc1N1CCC(=O)NC1=O. The number of benzene rings is 2. The molecule has 1 aromatic heterocycles. The Kier molecular flexibility index (Phi) is 11.8. The van der Waals surface area contributed by atoms with Gasteiger partial charge in [-0.25, -0.2) is 9.59 Å². The molecule has 5 aliphatic heterocycles. The molecule has 5 fully saturated rings. The average molecular weight is 809 g/mol. The summed E-state index contributed by atoms with van der Waals surface area (Å²) in [5.74, 6) is 0.553. The first-order chi connectivity index (χ1) is 28.5. The predicted octanol–water partition coefficient (Wildman–Crippen LogP) is 3.39. The van der Waals surface area contributed by atoms with Crippen molar-refractivity contribution in [1.29, 1.82) is 0 Å². The molecular formula is C42H56N12O5. The normalized spacial score (nSPS) is 21.4. The number of piperidine rings is 3. The van der Waals surface area contributed by atoms with Crippen molar-refractivity contribution in [2.45, 2.75) is 70.4 Å². The maximum atomic E-state index is 12.7. The quantitative estimate of drug-likeness (QED) is 0.221. The third-order valence-corrected chi connectivity index (χ3v) is 12.9. The Morgan fingerprint density at radius 3 is 2.41 bits per heavy atom. The molecule has 2 aromatic carbocycles. The van der Waals surface area contributed by atoms with Gasteiger partial charge in [-0.3, -0.25) is 19.8 Å². The Morgan fingerprint density at radius 2 is 1.71 bits per heavy atom. The van der Waals surface area contributed by atoms with Crippen LogP contribution in [0.1, 0.15) is 78.0 Å². The van der Waals surface area contributed by atoms with Crippen LogP contribution in [0.4, 0.5) is 38.4 Å². The van der Waals surface area contributed by atoms with E-state index in [1.807, 2.05) is 42.0 Å². The molecule has 6 heterocycles. The fourth-order valence-corrected chi connectivity index (χ4v) is 9.56. The van der Waals surface area contributed by atoms with Crippen LogP contribution in [0.3, 0.4) is 0 Å². The van der Waals surface area contributed by atoms with Crippen LogP contribution >= 0.6 is 0 Å². The molecule has 6 amide bonds. The van der Waals surface area contributed by atoms with Gasteiger partial charge in [0.2, 0.25) is 11.9 Å². The summed E-state index contributed by atoms with van der Waals surface area (Å²) in [4.78, 5) is 66.1. The van der Waals surface area contributed by atoms with Crippen molar-refractivity contribution in [3.05, 3.63) is 58.8 Å². The third-order valence-electron chi connectivity index (χ3n) is 12.9. The van der Waals surface area contributed by atoms with Gasteiger partial charge in [-0.1, -0.05) is 6.07 Å². The number of nitrogens with zero attached hydrogens (tertiary/aromatic N) is 9. The molecule has 17 heteroatoms. The standard InChI is InChI=1S/C42H56N12O5/c1-27-22-32(6-8-35(27)54-19-13-36(56)45-41(54)58)51-17-9-28(10-18-51)24-50-15-11-29(12-16-50)34-7-5-31(23-30(34)26-55)44-39-37(38(43)57)47-48-40(46-39)52-14-3-4-33(25-52)53-21-20-49(2)42(53)59/h5-8,22-23,28-29,33,55H,3-4,9-21,24-26H2,1-2H3,(H2,43,57)(H,44,46,48)(H,45,56,58)/t33-/m1/s1. The number of anilines is 5. The molecule has 0 bridgehead atoms. The van der Waals surface area contributed by atoms with Crippen molar-refractivity contribution in [1.82, 2.24) is 35.2 Å². The van der Waals surface area contributed by atoms with Crippen molar-refractivity contribution < 1.29 is 24.3 Å². The molecule has 0 unspecified atom stereocenters. The Labute approximate surface area is 344 Å². The molecule has 5 aliphatic rings. The molecule has 0 spiro atoms. The molecule has 3 aromatic rings. The molecule has 59 heavy (non-hydrogen) atoms. The topological polar surface area (TPSA) is 197 Å². The van der Waals surface area contributed by atoms with E-state index in [4.69, 9.17) is 10.7 Å². The molecule has 1 atom stereocenters. The van der Waals surface area contributed by atoms with Crippen LogP contribution in [-0.4, -0.2) is 137 Å². The monoisotopic (exact) mass is 808 g/mol.